The Balaban J connectivity index is 3.79. The van der Waals surface area contributed by atoms with E-state index >= 15 is 0 Å². The second kappa shape index (κ2) is 4.61. The maximum Gasteiger partial charge on any atom is 0.435 e. The molecule has 110 valence electrons. The zero-order valence-corrected chi connectivity index (χ0v) is 8.87. The number of nitrogens with zero attached hydrogens (tertiary/aromatic N) is 2. The zero-order chi connectivity index (χ0) is 15.9. The van der Waals surface area contributed by atoms with Crippen LogP contribution in [0.3, 0.4) is 0 Å². The van der Waals surface area contributed by atoms with Gasteiger partial charge in [-0.2, -0.15) is 26.3 Å². The lowest BCUT2D eigenvalue weighted by molar-refractivity contribution is -0.147. The number of carboxylic acids is 2. The van der Waals surface area contributed by atoms with Crippen molar-refractivity contribution >= 4 is 11.9 Å². The first-order chi connectivity index (χ1) is 8.85. The molecule has 0 aromatic carbocycles. The number of halogens is 6. The van der Waals surface area contributed by atoms with Crippen LogP contribution in [0.2, 0.25) is 0 Å². The van der Waals surface area contributed by atoms with E-state index in [1.807, 2.05) is 0 Å². The number of hydrogen-bond donors (Lipinski definition) is 2. The minimum absolute atomic E-state index is 2.03. The Kier molecular flexibility index (Phi) is 3.61. The Morgan fingerprint density at radius 3 is 1.15 bits per heavy atom. The molecule has 0 aliphatic heterocycles. The van der Waals surface area contributed by atoms with Crippen LogP contribution >= 0.6 is 0 Å². The van der Waals surface area contributed by atoms with E-state index in [1.54, 1.807) is 0 Å². The lowest BCUT2D eigenvalue weighted by atomic mass is 10.2. The highest BCUT2D eigenvalue weighted by Gasteiger charge is 2.45. The first-order valence-electron chi connectivity index (χ1n) is 4.38. The molecular weight excluding hydrogens is 302 g/mol. The Bertz CT molecular complexity index is 528. The lowest BCUT2D eigenvalue weighted by Crippen LogP contribution is -2.25. The fourth-order valence-electron chi connectivity index (χ4n) is 1.13. The van der Waals surface area contributed by atoms with Crippen LogP contribution in [0.1, 0.15) is 32.4 Å². The number of alkyl halides is 6. The summed E-state index contributed by atoms with van der Waals surface area (Å²) in [5.41, 5.74) is -8.71. The summed E-state index contributed by atoms with van der Waals surface area (Å²) in [6.45, 7) is 0. The van der Waals surface area contributed by atoms with E-state index in [9.17, 15) is 35.9 Å². The highest BCUT2D eigenvalue weighted by molar-refractivity contribution is 5.90. The third-order valence-electron chi connectivity index (χ3n) is 1.84. The molecule has 2 N–H and O–H groups in total. The molecule has 0 amide bonds. The van der Waals surface area contributed by atoms with E-state index in [4.69, 9.17) is 10.2 Å². The maximum absolute atomic E-state index is 12.4. The molecule has 12 heteroatoms. The fourth-order valence-corrected chi connectivity index (χ4v) is 1.13. The third kappa shape index (κ3) is 2.95. The molecule has 6 nitrogen and oxygen atoms in total. The Labute approximate surface area is 104 Å². The summed E-state index contributed by atoms with van der Waals surface area (Å²) in [6, 6.07) is 0. The molecule has 0 bridgehead atoms. The molecule has 0 fully saturated rings. The van der Waals surface area contributed by atoms with Crippen molar-refractivity contribution in [3.05, 3.63) is 22.8 Å². The molecule has 0 radical (unpaired) electrons. The minimum atomic E-state index is -5.48. The molecule has 1 heterocycles. The van der Waals surface area contributed by atoms with E-state index in [0.29, 0.717) is 0 Å². The van der Waals surface area contributed by atoms with E-state index in [0.717, 1.165) is 0 Å². The second-order valence-corrected chi connectivity index (χ2v) is 3.22. The van der Waals surface area contributed by atoms with Gasteiger partial charge in [0, 0.05) is 0 Å². The average Bonchev–Trinajstić information content (AvgIpc) is 2.24. The Hall–Kier alpha value is -2.40. The van der Waals surface area contributed by atoms with Gasteiger partial charge in [-0.3, -0.25) is 0 Å². The van der Waals surface area contributed by atoms with Crippen LogP contribution in [0.15, 0.2) is 0 Å². The maximum atomic E-state index is 12.4. The topological polar surface area (TPSA) is 100 Å². The van der Waals surface area contributed by atoms with Gasteiger partial charge in [0.25, 0.3) is 0 Å². The summed E-state index contributed by atoms with van der Waals surface area (Å²) < 4.78 is 74.6. The monoisotopic (exact) mass is 304 g/mol. The van der Waals surface area contributed by atoms with Crippen molar-refractivity contribution in [3.8, 4) is 0 Å². The van der Waals surface area contributed by atoms with Crippen molar-refractivity contribution in [1.29, 1.82) is 0 Å². The van der Waals surface area contributed by atoms with Crippen molar-refractivity contribution in [3.63, 3.8) is 0 Å². The molecule has 1 rings (SSSR count). The first-order valence-corrected chi connectivity index (χ1v) is 4.38. The van der Waals surface area contributed by atoms with Gasteiger partial charge in [-0.15, -0.1) is 0 Å². The van der Waals surface area contributed by atoms with E-state index in [1.165, 1.54) is 0 Å². The van der Waals surface area contributed by atoms with Crippen molar-refractivity contribution in [2.75, 3.05) is 0 Å². The van der Waals surface area contributed by atoms with Crippen LogP contribution in [0, 0.1) is 0 Å². The van der Waals surface area contributed by atoms with Gasteiger partial charge in [0.05, 0.1) is 0 Å². The van der Waals surface area contributed by atoms with Gasteiger partial charge in [0.2, 0.25) is 0 Å². The first kappa shape index (κ1) is 15.7. The normalized spacial score (nSPS) is 12.3. The molecular formula is C8H2F6N2O4. The van der Waals surface area contributed by atoms with E-state index < -0.39 is 47.1 Å². The molecule has 0 aliphatic carbocycles. The average molecular weight is 304 g/mol. The van der Waals surface area contributed by atoms with Gasteiger partial charge < -0.3 is 10.2 Å². The van der Waals surface area contributed by atoms with Gasteiger partial charge in [0.1, 0.15) is 0 Å². The van der Waals surface area contributed by atoms with Gasteiger partial charge in [0.15, 0.2) is 22.8 Å². The minimum Gasteiger partial charge on any atom is -0.476 e. The number of carbonyl (C=O) groups is 2. The molecule has 0 unspecified atom stereocenters. The molecule has 0 aliphatic rings. The van der Waals surface area contributed by atoms with Crippen LogP contribution in [0.25, 0.3) is 0 Å². The van der Waals surface area contributed by atoms with Crippen LogP contribution < -0.4 is 0 Å². The number of aromatic carboxylic acids is 2. The van der Waals surface area contributed by atoms with E-state index in [-0.39, 0.29) is 0 Å². The standard InChI is InChI=1S/C8H2F6N2O4/c9-7(10,11)3-1(5(17)18)15-4(8(12,13)14)2(16-3)6(19)20/h(H,17,18)(H,19,20). The molecule has 20 heavy (non-hydrogen) atoms. The molecule has 0 spiro atoms. The van der Waals surface area contributed by atoms with Crippen molar-refractivity contribution in [1.82, 2.24) is 9.97 Å². The summed E-state index contributed by atoms with van der Waals surface area (Å²) in [6.07, 6.45) is -11.0. The SMILES string of the molecule is O=C(O)c1nc(C(F)(F)F)c(C(=O)O)nc1C(F)(F)F. The smallest absolute Gasteiger partial charge is 0.435 e. The third-order valence-corrected chi connectivity index (χ3v) is 1.84. The predicted molar refractivity (Wildman–Crippen MR) is 46.0 cm³/mol. The number of aromatic nitrogens is 2. The van der Waals surface area contributed by atoms with Crippen molar-refractivity contribution in [2.24, 2.45) is 0 Å². The highest BCUT2D eigenvalue weighted by Crippen LogP contribution is 2.35. The lowest BCUT2D eigenvalue weighted by Gasteiger charge is -2.13. The van der Waals surface area contributed by atoms with Crippen molar-refractivity contribution < 1.29 is 46.1 Å². The molecule has 1 aromatic heterocycles. The zero-order valence-electron chi connectivity index (χ0n) is 8.87. The van der Waals surface area contributed by atoms with Crippen LogP contribution in [-0.4, -0.2) is 32.1 Å². The number of carboxylic acid groups (broad SMARTS) is 2. The molecule has 1 aromatic rings. The Morgan fingerprint density at radius 2 is 1.00 bits per heavy atom. The Morgan fingerprint density at radius 1 is 0.750 bits per heavy atom. The second-order valence-electron chi connectivity index (χ2n) is 3.22. The van der Waals surface area contributed by atoms with Crippen LogP contribution in [0.4, 0.5) is 26.3 Å². The quantitative estimate of drug-likeness (QED) is 0.809. The summed E-state index contributed by atoms with van der Waals surface area (Å²) in [7, 11) is 0. The van der Waals surface area contributed by atoms with Crippen molar-refractivity contribution in [2.45, 2.75) is 12.4 Å². The van der Waals surface area contributed by atoms with Crippen LogP contribution in [-0.2, 0) is 12.4 Å². The fraction of sp³-hybridized carbons (Fsp3) is 0.250. The van der Waals surface area contributed by atoms with Gasteiger partial charge >= 0.3 is 24.3 Å². The van der Waals surface area contributed by atoms with Gasteiger partial charge in [-0.1, -0.05) is 0 Å². The molecule has 0 saturated heterocycles. The van der Waals surface area contributed by atoms with E-state index in [2.05, 4.69) is 9.97 Å². The summed E-state index contributed by atoms with van der Waals surface area (Å²) in [5, 5.41) is 16.9. The van der Waals surface area contributed by atoms with Gasteiger partial charge in [-0.05, 0) is 0 Å². The molecule has 0 atom stereocenters. The van der Waals surface area contributed by atoms with Crippen LogP contribution in [0.5, 0.6) is 0 Å². The van der Waals surface area contributed by atoms with Gasteiger partial charge in [-0.25, -0.2) is 19.6 Å². The summed E-state index contributed by atoms with van der Waals surface area (Å²) >= 11 is 0. The summed E-state index contributed by atoms with van der Waals surface area (Å²) in [4.78, 5) is 25.5. The highest BCUT2D eigenvalue weighted by atomic mass is 19.4. The largest absolute Gasteiger partial charge is 0.476 e. The number of hydrogen-bond acceptors (Lipinski definition) is 4. The predicted octanol–water partition coefficient (Wildman–Crippen LogP) is 1.91. The molecule has 0 saturated carbocycles. The number of rotatable bonds is 2. The summed E-state index contributed by atoms with van der Waals surface area (Å²) in [5.74, 6) is -4.85.